The fourth-order valence-corrected chi connectivity index (χ4v) is 8.60. The number of fused-ring (bicyclic) bond motifs is 12. The Morgan fingerprint density at radius 3 is 2.15 bits per heavy atom. The molecule has 0 fully saturated rings. The van der Waals surface area contributed by atoms with Gasteiger partial charge in [0.1, 0.15) is 11.2 Å². The predicted molar refractivity (Wildman–Crippen MR) is 197 cm³/mol. The van der Waals surface area contributed by atoms with Gasteiger partial charge in [-0.1, -0.05) is 78.9 Å². The molecule has 0 aliphatic rings. The molecule has 0 aliphatic heterocycles. The van der Waals surface area contributed by atoms with Gasteiger partial charge in [0, 0.05) is 52.7 Å². The maximum Gasteiger partial charge on any atom is 0.235 e. The van der Waals surface area contributed by atoms with Crippen molar-refractivity contribution in [2.24, 2.45) is 0 Å². The van der Waals surface area contributed by atoms with Crippen LogP contribution in [0.25, 0.3) is 103 Å². The lowest BCUT2D eigenvalue weighted by Gasteiger charge is -2.12. The number of hydrogen-bond acceptors (Lipinski definition) is 4. The molecule has 4 nitrogen and oxygen atoms in total. The second-order valence-corrected chi connectivity index (χ2v) is 13.3. The van der Waals surface area contributed by atoms with E-state index in [1.165, 1.54) is 41.7 Å². The van der Waals surface area contributed by atoms with Crippen molar-refractivity contribution in [2.75, 3.05) is 0 Å². The molecule has 4 aromatic heterocycles. The number of furan rings is 1. The highest BCUT2D eigenvalue weighted by Gasteiger charge is 2.21. The molecule has 0 unspecified atom stereocenters. The zero-order chi connectivity index (χ0) is 30.6. The van der Waals surface area contributed by atoms with E-state index < -0.39 is 0 Å². The van der Waals surface area contributed by atoms with E-state index in [-0.39, 0.29) is 0 Å². The van der Waals surface area contributed by atoms with E-state index in [4.69, 9.17) is 14.4 Å². The quantitative estimate of drug-likeness (QED) is 0.194. The van der Waals surface area contributed by atoms with Crippen LogP contribution < -0.4 is 0 Å². The highest BCUT2D eigenvalue weighted by Crippen LogP contribution is 2.43. The van der Waals surface area contributed by atoms with E-state index in [0.717, 1.165) is 55.1 Å². The van der Waals surface area contributed by atoms with Crippen molar-refractivity contribution in [3.8, 4) is 17.2 Å². The molecule has 0 N–H and O–H groups in total. The van der Waals surface area contributed by atoms with Crippen LogP contribution in [0.15, 0.2) is 144 Å². The highest BCUT2D eigenvalue weighted by atomic mass is 32.1. The molecule has 0 spiro atoms. The van der Waals surface area contributed by atoms with Crippen LogP contribution in [-0.4, -0.2) is 14.5 Å². The van der Waals surface area contributed by atoms with E-state index >= 15 is 0 Å². The molecular formula is C42H23N3OS. The molecular weight excluding hydrogens is 595 g/mol. The third-order valence-corrected chi connectivity index (χ3v) is 10.7. The molecule has 0 atom stereocenters. The Bertz CT molecular complexity index is 3090. The van der Waals surface area contributed by atoms with Crippen LogP contribution in [0.3, 0.4) is 0 Å². The van der Waals surface area contributed by atoms with Gasteiger partial charge >= 0.3 is 0 Å². The molecule has 11 rings (SSSR count). The van der Waals surface area contributed by atoms with Crippen LogP contribution >= 0.6 is 11.3 Å². The Morgan fingerprint density at radius 1 is 0.489 bits per heavy atom. The SMILES string of the molecule is c1ccc2cc3c(cc2c1)oc1ccc(-c2nc(-n4c5ccccc5c5c6c(ccc54)sc4ccccc46)nc4ccccc24)cc13. The molecule has 0 saturated carbocycles. The third-order valence-electron chi connectivity index (χ3n) is 9.58. The standard InChI is InChI=1S/C42H23N3OS/c1-2-10-25-23-36-31(21-24(25)9-1)30-22-26(17-19-35(30)46-36)41-27-11-3-6-14-32(27)43-42(44-41)45-33-15-7-4-12-28(33)39-34(45)18-20-38-40(39)29-13-5-8-16-37(29)47-38/h1-23H. The van der Waals surface area contributed by atoms with Crippen LogP contribution in [-0.2, 0) is 0 Å². The summed E-state index contributed by atoms with van der Waals surface area (Å²) in [5.41, 5.74) is 6.79. The van der Waals surface area contributed by atoms with Gasteiger partial charge in [-0.05, 0) is 71.4 Å². The van der Waals surface area contributed by atoms with Crippen molar-refractivity contribution < 1.29 is 4.42 Å². The smallest absolute Gasteiger partial charge is 0.235 e. The summed E-state index contributed by atoms with van der Waals surface area (Å²) < 4.78 is 11.2. The number of rotatable bonds is 2. The van der Waals surface area contributed by atoms with Crippen LogP contribution in [0.1, 0.15) is 0 Å². The summed E-state index contributed by atoms with van der Waals surface area (Å²) in [6, 6.07) is 49.4. The first-order valence-corrected chi connectivity index (χ1v) is 16.6. The lowest BCUT2D eigenvalue weighted by atomic mass is 10.0. The van der Waals surface area contributed by atoms with Crippen LogP contribution in [0.5, 0.6) is 0 Å². The Balaban J connectivity index is 1.21. The number of thiophene rings is 1. The van der Waals surface area contributed by atoms with E-state index in [1.54, 1.807) is 0 Å². The van der Waals surface area contributed by atoms with Gasteiger partial charge in [0.15, 0.2) is 0 Å². The molecule has 0 radical (unpaired) electrons. The summed E-state index contributed by atoms with van der Waals surface area (Å²) >= 11 is 1.85. The average molecular weight is 618 g/mol. The van der Waals surface area contributed by atoms with Gasteiger partial charge in [-0.25, -0.2) is 9.97 Å². The second kappa shape index (κ2) is 9.25. The van der Waals surface area contributed by atoms with Crippen molar-refractivity contribution >= 4 is 96.9 Å². The van der Waals surface area contributed by atoms with Crippen LogP contribution in [0.4, 0.5) is 0 Å². The van der Waals surface area contributed by atoms with Gasteiger partial charge in [-0.3, -0.25) is 4.57 Å². The Morgan fingerprint density at radius 2 is 1.23 bits per heavy atom. The fourth-order valence-electron chi connectivity index (χ4n) is 7.48. The van der Waals surface area contributed by atoms with Gasteiger partial charge in [-0.15, -0.1) is 11.3 Å². The van der Waals surface area contributed by atoms with Gasteiger partial charge in [0.25, 0.3) is 0 Å². The number of para-hydroxylation sites is 2. The molecule has 4 heterocycles. The van der Waals surface area contributed by atoms with Crippen molar-refractivity contribution in [1.82, 2.24) is 14.5 Å². The number of nitrogens with zero attached hydrogens (tertiary/aromatic N) is 3. The van der Waals surface area contributed by atoms with E-state index in [0.29, 0.717) is 5.95 Å². The predicted octanol–water partition coefficient (Wildman–Crippen LogP) is 11.8. The number of benzene rings is 7. The molecule has 0 amide bonds. The number of hydrogen-bond donors (Lipinski definition) is 0. The molecule has 218 valence electrons. The minimum atomic E-state index is 0.659. The second-order valence-electron chi connectivity index (χ2n) is 12.2. The minimum absolute atomic E-state index is 0.659. The van der Waals surface area contributed by atoms with Gasteiger partial charge in [0.05, 0.1) is 22.2 Å². The average Bonchev–Trinajstić information content (AvgIpc) is 3.78. The van der Waals surface area contributed by atoms with Crippen molar-refractivity contribution in [3.63, 3.8) is 0 Å². The molecule has 11 aromatic rings. The van der Waals surface area contributed by atoms with E-state index in [9.17, 15) is 0 Å². The first-order chi connectivity index (χ1) is 23.3. The van der Waals surface area contributed by atoms with Gasteiger partial charge in [0.2, 0.25) is 5.95 Å². The molecule has 0 aliphatic carbocycles. The largest absolute Gasteiger partial charge is 0.456 e. The van der Waals surface area contributed by atoms with Crippen molar-refractivity contribution in [1.29, 1.82) is 0 Å². The molecule has 0 bridgehead atoms. The fraction of sp³-hybridized carbons (Fsp3) is 0. The Labute approximate surface area is 271 Å². The first-order valence-electron chi connectivity index (χ1n) is 15.7. The molecule has 47 heavy (non-hydrogen) atoms. The normalized spacial score (nSPS) is 12.3. The Kier molecular flexibility index (Phi) is 4.96. The molecule has 7 aromatic carbocycles. The first kappa shape index (κ1) is 25.2. The van der Waals surface area contributed by atoms with E-state index in [2.05, 4.69) is 138 Å². The lowest BCUT2D eigenvalue weighted by Crippen LogP contribution is -2.03. The Hall–Kier alpha value is -6.04. The zero-order valence-electron chi connectivity index (χ0n) is 24.9. The summed E-state index contributed by atoms with van der Waals surface area (Å²) in [6.07, 6.45) is 0. The third kappa shape index (κ3) is 3.52. The van der Waals surface area contributed by atoms with Crippen LogP contribution in [0.2, 0.25) is 0 Å². The lowest BCUT2D eigenvalue weighted by molar-refractivity contribution is 0.669. The summed E-state index contributed by atoms with van der Waals surface area (Å²) in [4.78, 5) is 10.6. The summed E-state index contributed by atoms with van der Waals surface area (Å²) in [7, 11) is 0. The van der Waals surface area contributed by atoms with E-state index in [1.807, 2.05) is 17.4 Å². The van der Waals surface area contributed by atoms with Crippen molar-refractivity contribution in [2.45, 2.75) is 0 Å². The zero-order valence-corrected chi connectivity index (χ0v) is 25.8. The van der Waals surface area contributed by atoms with Crippen LogP contribution in [0, 0.1) is 0 Å². The minimum Gasteiger partial charge on any atom is -0.456 e. The summed E-state index contributed by atoms with van der Waals surface area (Å²) in [5.74, 6) is 0.659. The topological polar surface area (TPSA) is 43.9 Å². The monoisotopic (exact) mass is 617 g/mol. The van der Waals surface area contributed by atoms with Crippen molar-refractivity contribution in [3.05, 3.63) is 140 Å². The summed E-state index contributed by atoms with van der Waals surface area (Å²) in [6.45, 7) is 0. The number of aromatic nitrogens is 3. The molecule has 0 saturated heterocycles. The maximum absolute atomic E-state index is 6.34. The summed E-state index contributed by atoms with van der Waals surface area (Å²) in [5, 5.41) is 10.6. The maximum atomic E-state index is 6.34. The van der Waals surface area contributed by atoms with Gasteiger partial charge < -0.3 is 4.42 Å². The molecule has 5 heteroatoms. The highest BCUT2D eigenvalue weighted by molar-refractivity contribution is 7.26. The van der Waals surface area contributed by atoms with Gasteiger partial charge in [-0.2, -0.15) is 0 Å².